The molecule has 0 saturated carbocycles. The minimum Gasteiger partial charge on any atom is -0.309 e. The summed E-state index contributed by atoms with van der Waals surface area (Å²) in [6.07, 6.45) is 1.93. The van der Waals surface area contributed by atoms with E-state index in [1.807, 2.05) is 6.20 Å². The van der Waals surface area contributed by atoms with E-state index in [4.69, 9.17) is 4.98 Å². The molecular formula is C31H24N2. The Morgan fingerprint density at radius 2 is 1.30 bits per heavy atom. The van der Waals surface area contributed by atoms with Crippen LogP contribution < -0.4 is 0 Å². The molecule has 4 aromatic carbocycles. The van der Waals surface area contributed by atoms with Gasteiger partial charge in [-0.05, 0) is 53.6 Å². The Morgan fingerprint density at radius 1 is 0.606 bits per heavy atom. The van der Waals surface area contributed by atoms with E-state index in [9.17, 15) is 0 Å². The fraction of sp³-hybridized carbons (Fsp3) is 0.0645. The first-order valence-electron chi connectivity index (χ1n) is 11.4. The average molecular weight is 425 g/mol. The molecule has 2 heteroatoms. The lowest BCUT2D eigenvalue weighted by atomic mass is 9.92. The summed E-state index contributed by atoms with van der Waals surface area (Å²) in [6.45, 7) is 2.26. The molecular weight excluding hydrogens is 400 g/mol. The highest BCUT2D eigenvalue weighted by Crippen LogP contribution is 2.35. The predicted molar refractivity (Wildman–Crippen MR) is 138 cm³/mol. The van der Waals surface area contributed by atoms with E-state index in [1.54, 1.807) is 0 Å². The Kier molecular flexibility index (Phi) is 4.77. The van der Waals surface area contributed by atoms with Crippen LogP contribution in [0.4, 0.5) is 0 Å². The van der Waals surface area contributed by atoms with Gasteiger partial charge in [0.05, 0.1) is 16.7 Å². The van der Waals surface area contributed by atoms with Gasteiger partial charge in [0.1, 0.15) is 0 Å². The zero-order chi connectivity index (χ0) is 22.2. The molecule has 1 unspecified atom stereocenters. The second-order valence-corrected chi connectivity index (χ2v) is 8.53. The van der Waals surface area contributed by atoms with Gasteiger partial charge in [-0.15, -0.1) is 0 Å². The summed E-state index contributed by atoms with van der Waals surface area (Å²) in [5, 5.41) is 2.50. The van der Waals surface area contributed by atoms with Gasteiger partial charge in [0.15, 0.2) is 0 Å². The highest BCUT2D eigenvalue weighted by molar-refractivity contribution is 6.10. The van der Waals surface area contributed by atoms with Gasteiger partial charge in [-0.2, -0.15) is 0 Å². The summed E-state index contributed by atoms with van der Waals surface area (Å²) in [6, 6.07) is 40.9. The minimum absolute atomic E-state index is 0.316. The van der Waals surface area contributed by atoms with Crippen molar-refractivity contribution in [3.8, 4) is 16.9 Å². The van der Waals surface area contributed by atoms with Crippen molar-refractivity contribution in [2.45, 2.75) is 12.8 Å². The summed E-state index contributed by atoms with van der Waals surface area (Å²) in [5.41, 5.74) is 8.34. The van der Waals surface area contributed by atoms with E-state index < -0.39 is 0 Å². The summed E-state index contributed by atoms with van der Waals surface area (Å²) < 4.78 is 2.34. The normalized spacial score (nSPS) is 12.3. The van der Waals surface area contributed by atoms with Crippen LogP contribution in [0, 0.1) is 0 Å². The quantitative estimate of drug-likeness (QED) is 0.280. The molecule has 2 heterocycles. The molecule has 0 saturated heterocycles. The van der Waals surface area contributed by atoms with Crippen LogP contribution in [0.25, 0.3) is 38.8 Å². The molecule has 0 N–H and O–H groups in total. The van der Waals surface area contributed by atoms with Gasteiger partial charge < -0.3 is 4.57 Å². The zero-order valence-corrected chi connectivity index (χ0v) is 18.5. The minimum atomic E-state index is 0.316. The molecule has 6 rings (SSSR count). The smallest absolute Gasteiger partial charge is 0.0705 e. The Balaban J connectivity index is 1.50. The highest BCUT2D eigenvalue weighted by Gasteiger charge is 2.14. The van der Waals surface area contributed by atoms with Crippen LogP contribution in [0.15, 0.2) is 121 Å². The topological polar surface area (TPSA) is 17.8 Å². The first-order chi connectivity index (χ1) is 16.3. The summed E-state index contributed by atoms with van der Waals surface area (Å²) in [5.74, 6) is 0.316. The molecule has 0 fully saturated rings. The van der Waals surface area contributed by atoms with Crippen molar-refractivity contribution < 1.29 is 0 Å². The molecule has 33 heavy (non-hydrogen) atoms. The number of para-hydroxylation sites is 2. The van der Waals surface area contributed by atoms with Crippen molar-refractivity contribution in [2.75, 3.05) is 0 Å². The van der Waals surface area contributed by atoms with Crippen LogP contribution in [-0.2, 0) is 0 Å². The maximum Gasteiger partial charge on any atom is 0.0705 e. The SMILES string of the molecule is CC(c1ccccc1)c1ccnc(-c2ccc3c(c2)c2ccccc2n3-c2ccccc2)c1. The molecule has 0 bridgehead atoms. The molecule has 2 aromatic heterocycles. The lowest BCUT2D eigenvalue weighted by Gasteiger charge is -2.13. The van der Waals surface area contributed by atoms with Gasteiger partial charge in [-0.3, -0.25) is 4.98 Å². The molecule has 158 valence electrons. The van der Waals surface area contributed by atoms with E-state index in [0.717, 1.165) is 11.3 Å². The van der Waals surface area contributed by atoms with Crippen LogP contribution in [0.5, 0.6) is 0 Å². The van der Waals surface area contributed by atoms with E-state index in [0.29, 0.717) is 5.92 Å². The second-order valence-electron chi connectivity index (χ2n) is 8.53. The average Bonchev–Trinajstić information content (AvgIpc) is 3.23. The van der Waals surface area contributed by atoms with Crippen LogP contribution in [0.2, 0.25) is 0 Å². The molecule has 0 amide bonds. The van der Waals surface area contributed by atoms with E-state index >= 15 is 0 Å². The van der Waals surface area contributed by atoms with Crippen LogP contribution in [0.3, 0.4) is 0 Å². The summed E-state index contributed by atoms with van der Waals surface area (Å²) >= 11 is 0. The molecule has 0 aliphatic carbocycles. The first-order valence-corrected chi connectivity index (χ1v) is 11.4. The van der Waals surface area contributed by atoms with Crippen molar-refractivity contribution in [1.82, 2.24) is 9.55 Å². The fourth-order valence-corrected chi connectivity index (χ4v) is 4.80. The Bertz CT molecular complexity index is 1560. The van der Waals surface area contributed by atoms with Gasteiger partial charge in [0.2, 0.25) is 0 Å². The van der Waals surface area contributed by atoms with Crippen LogP contribution in [-0.4, -0.2) is 9.55 Å². The number of benzene rings is 4. The van der Waals surface area contributed by atoms with Crippen LogP contribution >= 0.6 is 0 Å². The second kappa shape index (κ2) is 8.07. The van der Waals surface area contributed by atoms with Crippen molar-refractivity contribution in [3.63, 3.8) is 0 Å². The van der Waals surface area contributed by atoms with E-state index in [2.05, 4.69) is 127 Å². The highest BCUT2D eigenvalue weighted by atomic mass is 15.0. The maximum atomic E-state index is 4.73. The number of hydrogen-bond donors (Lipinski definition) is 0. The molecule has 0 radical (unpaired) electrons. The van der Waals surface area contributed by atoms with Crippen LogP contribution in [0.1, 0.15) is 24.0 Å². The third-order valence-corrected chi connectivity index (χ3v) is 6.57. The van der Waals surface area contributed by atoms with Crippen molar-refractivity contribution in [1.29, 1.82) is 0 Å². The number of aromatic nitrogens is 2. The molecule has 2 nitrogen and oxygen atoms in total. The number of nitrogens with zero attached hydrogens (tertiary/aromatic N) is 2. The Labute approximate surface area is 193 Å². The number of rotatable bonds is 4. The third-order valence-electron chi connectivity index (χ3n) is 6.57. The number of pyridine rings is 1. The van der Waals surface area contributed by atoms with E-state index in [1.165, 1.54) is 38.6 Å². The monoisotopic (exact) mass is 424 g/mol. The standard InChI is InChI=1S/C31H24N2/c1-22(23-10-4-2-5-11-23)24-18-19-32-29(21-24)25-16-17-31-28(20-25)27-14-8-9-15-30(27)33(31)26-12-6-3-7-13-26/h2-22H,1H3. The van der Waals surface area contributed by atoms with Gasteiger partial charge in [0, 0.05) is 34.1 Å². The van der Waals surface area contributed by atoms with Crippen molar-refractivity contribution in [3.05, 3.63) is 133 Å². The van der Waals surface area contributed by atoms with Gasteiger partial charge in [-0.25, -0.2) is 0 Å². The molecule has 1 atom stereocenters. The maximum absolute atomic E-state index is 4.73. The third kappa shape index (κ3) is 3.41. The number of fused-ring (bicyclic) bond motifs is 3. The summed E-state index contributed by atoms with van der Waals surface area (Å²) in [4.78, 5) is 4.73. The lowest BCUT2D eigenvalue weighted by molar-refractivity contribution is 0.918. The molecule has 6 aromatic rings. The zero-order valence-electron chi connectivity index (χ0n) is 18.5. The first kappa shape index (κ1) is 19.5. The largest absolute Gasteiger partial charge is 0.309 e. The Morgan fingerprint density at radius 3 is 2.12 bits per heavy atom. The Hall–Kier alpha value is -4.17. The molecule has 0 spiro atoms. The fourth-order valence-electron chi connectivity index (χ4n) is 4.80. The molecule has 0 aliphatic heterocycles. The van der Waals surface area contributed by atoms with Gasteiger partial charge in [0.25, 0.3) is 0 Å². The van der Waals surface area contributed by atoms with E-state index in [-0.39, 0.29) is 0 Å². The van der Waals surface area contributed by atoms with Crippen molar-refractivity contribution in [2.24, 2.45) is 0 Å². The summed E-state index contributed by atoms with van der Waals surface area (Å²) in [7, 11) is 0. The number of hydrogen-bond acceptors (Lipinski definition) is 1. The lowest BCUT2D eigenvalue weighted by Crippen LogP contribution is -1.97. The van der Waals surface area contributed by atoms with Gasteiger partial charge >= 0.3 is 0 Å². The van der Waals surface area contributed by atoms with Crippen molar-refractivity contribution >= 4 is 21.8 Å². The van der Waals surface area contributed by atoms with Gasteiger partial charge in [-0.1, -0.05) is 79.7 Å². The molecule has 0 aliphatic rings. The predicted octanol–water partition coefficient (Wildman–Crippen LogP) is 8.00.